The Morgan fingerprint density at radius 3 is 2.51 bits per heavy atom. The van der Waals surface area contributed by atoms with Gasteiger partial charge >= 0.3 is 6.18 Å². The first kappa shape index (κ1) is 24.2. The molecule has 2 heterocycles. The van der Waals surface area contributed by atoms with Crippen molar-refractivity contribution in [2.75, 3.05) is 26.0 Å². The molecule has 0 spiro atoms. The lowest BCUT2D eigenvalue weighted by Gasteiger charge is -2.15. The van der Waals surface area contributed by atoms with Gasteiger partial charge in [0.25, 0.3) is 5.91 Å². The van der Waals surface area contributed by atoms with E-state index in [0.29, 0.717) is 35.1 Å². The van der Waals surface area contributed by atoms with Gasteiger partial charge in [-0.25, -0.2) is 9.97 Å². The Morgan fingerprint density at radius 1 is 1.11 bits per heavy atom. The molecule has 1 aromatic heterocycles. The summed E-state index contributed by atoms with van der Waals surface area (Å²) >= 11 is 0. The number of hydrogen-bond acceptors (Lipinski definition) is 6. The topological polar surface area (TPSA) is 79.7 Å². The maximum absolute atomic E-state index is 13.0. The van der Waals surface area contributed by atoms with Gasteiger partial charge in [0, 0.05) is 26.8 Å². The molecule has 1 N–H and O–H groups in total. The van der Waals surface area contributed by atoms with Crippen LogP contribution in [0.2, 0.25) is 0 Å². The predicted molar refractivity (Wildman–Crippen MR) is 127 cm³/mol. The summed E-state index contributed by atoms with van der Waals surface area (Å²) in [5, 5.41) is 3.29. The summed E-state index contributed by atoms with van der Waals surface area (Å²) in [6.45, 7) is 2.55. The van der Waals surface area contributed by atoms with Crippen LogP contribution in [0.15, 0.2) is 53.7 Å². The molecule has 2 aromatic carbocycles. The monoisotopic (exact) mass is 483 g/mol. The molecule has 7 nitrogen and oxygen atoms in total. The van der Waals surface area contributed by atoms with Gasteiger partial charge in [0.2, 0.25) is 0 Å². The van der Waals surface area contributed by atoms with Crippen molar-refractivity contribution in [1.82, 2.24) is 14.9 Å². The number of ether oxygens (including phenoxy) is 1. The zero-order valence-electron chi connectivity index (χ0n) is 19.5. The first-order valence-corrected chi connectivity index (χ1v) is 11.0. The van der Waals surface area contributed by atoms with Crippen molar-refractivity contribution in [3.05, 3.63) is 71.2 Å². The summed E-state index contributed by atoms with van der Waals surface area (Å²) in [6, 6.07) is 9.21. The van der Waals surface area contributed by atoms with Crippen molar-refractivity contribution < 1.29 is 22.7 Å². The van der Waals surface area contributed by atoms with Crippen molar-refractivity contribution in [3.63, 3.8) is 0 Å². The fourth-order valence-corrected chi connectivity index (χ4v) is 3.61. The number of benzene rings is 2. The number of nitrogens with one attached hydrogen (secondary N) is 1. The summed E-state index contributed by atoms with van der Waals surface area (Å²) in [5.41, 5.74) is 1.53. The van der Waals surface area contributed by atoms with Gasteiger partial charge in [-0.2, -0.15) is 13.2 Å². The van der Waals surface area contributed by atoms with E-state index in [0.717, 1.165) is 36.4 Å². The van der Waals surface area contributed by atoms with Gasteiger partial charge in [0.1, 0.15) is 23.1 Å². The average molecular weight is 483 g/mol. The number of amides is 1. The molecule has 0 atom stereocenters. The summed E-state index contributed by atoms with van der Waals surface area (Å²) in [4.78, 5) is 28.0. The number of carbonyl (C=O) groups is 1. The highest BCUT2D eigenvalue weighted by Crippen LogP contribution is 2.33. The Balaban J connectivity index is 1.70. The third-order valence-corrected chi connectivity index (χ3v) is 5.38. The van der Waals surface area contributed by atoms with Crippen LogP contribution < -0.4 is 10.1 Å². The quantitative estimate of drug-likeness (QED) is 0.521. The zero-order valence-corrected chi connectivity index (χ0v) is 19.5. The molecule has 1 amide bonds. The Labute approximate surface area is 200 Å². The Hall–Kier alpha value is -3.95. The van der Waals surface area contributed by atoms with Crippen LogP contribution in [0.3, 0.4) is 0 Å². The summed E-state index contributed by atoms with van der Waals surface area (Å²) in [7, 11) is 3.26. The second-order valence-electron chi connectivity index (χ2n) is 8.27. The molecule has 3 aromatic rings. The zero-order chi connectivity index (χ0) is 25.2. The molecule has 0 radical (unpaired) electrons. The minimum Gasteiger partial charge on any atom is -0.457 e. The minimum atomic E-state index is -4.43. The van der Waals surface area contributed by atoms with Crippen LogP contribution in [0.5, 0.6) is 11.5 Å². The van der Waals surface area contributed by atoms with Crippen molar-refractivity contribution in [1.29, 1.82) is 0 Å². The summed E-state index contributed by atoms with van der Waals surface area (Å²) < 4.78 is 44.2. The van der Waals surface area contributed by atoms with E-state index in [1.807, 2.05) is 6.92 Å². The largest absolute Gasteiger partial charge is 0.457 e. The standard InChI is InChI=1S/C25H24F3N5O2/c1-15-30-14-20-21(5-4-12-29-23(20)31-15)32-22-11-10-18(13-19(22)24(34)33(2)3)35-17-8-6-16(7-9-17)25(26,27)28/h6-11,13-14H,4-5,12H2,1-3H3,(H,29,30,31). The van der Waals surface area contributed by atoms with Crippen LogP contribution in [0.25, 0.3) is 0 Å². The lowest BCUT2D eigenvalue weighted by atomic mass is 10.1. The summed E-state index contributed by atoms with van der Waals surface area (Å²) in [5.74, 6) is 1.59. The number of aliphatic imine (C=N–C) groups is 1. The molecule has 1 aliphatic heterocycles. The molecule has 0 bridgehead atoms. The molecule has 4 rings (SSSR count). The number of hydrogen-bond donors (Lipinski definition) is 1. The highest BCUT2D eigenvalue weighted by atomic mass is 19.4. The Morgan fingerprint density at radius 2 is 1.83 bits per heavy atom. The number of alkyl halides is 3. The van der Waals surface area contributed by atoms with Crippen LogP contribution >= 0.6 is 0 Å². The van der Waals surface area contributed by atoms with Gasteiger partial charge in [-0.1, -0.05) is 0 Å². The third-order valence-electron chi connectivity index (χ3n) is 5.38. The molecule has 0 fully saturated rings. The molecule has 35 heavy (non-hydrogen) atoms. The molecule has 0 saturated heterocycles. The molecule has 1 aliphatic rings. The number of aromatic nitrogens is 2. The molecular weight excluding hydrogens is 459 g/mol. The third kappa shape index (κ3) is 5.59. The van der Waals surface area contributed by atoms with Crippen LogP contribution in [-0.4, -0.2) is 47.1 Å². The fourth-order valence-electron chi connectivity index (χ4n) is 3.61. The van der Waals surface area contributed by atoms with Crippen LogP contribution in [-0.2, 0) is 6.18 Å². The van der Waals surface area contributed by atoms with Gasteiger partial charge in [0.05, 0.1) is 28.1 Å². The normalized spacial score (nSPS) is 14.6. The van der Waals surface area contributed by atoms with Crippen LogP contribution in [0, 0.1) is 6.92 Å². The molecule has 0 aliphatic carbocycles. The van der Waals surface area contributed by atoms with Gasteiger partial charge < -0.3 is 15.0 Å². The number of anilines is 1. The molecule has 0 unspecified atom stereocenters. The van der Waals surface area contributed by atoms with Gasteiger partial charge in [0.15, 0.2) is 0 Å². The van der Waals surface area contributed by atoms with E-state index < -0.39 is 11.7 Å². The van der Waals surface area contributed by atoms with Crippen molar-refractivity contribution in [2.24, 2.45) is 4.99 Å². The van der Waals surface area contributed by atoms with E-state index in [1.165, 1.54) is 17.0 Å². The van der Waals surface area contributed by atoms with Crippen molar-refractivity contribution in [3.8, 4) is 11.5 Å². The van der Waals surface area contributed by atoms with E-state index in [2.05, 4.69) is 15.3 Å². The van der Waals surface area contributed by atoms with E-state index in [-0.39, 0.29) is 11.7 Å². The molecule has 182 valence electrons. The van der Waals surface area contributed by atoms with Gasteiger partial charge in [-0.15, -0.1) is 0 Å². The fraction of sp³-hybridized carbons (Fsp3) is 0.280. The average Bonchev–Trinajstić information content (AvgIpc) is 3.00. The second-order valence-corrected chi connectivity index (χ2v) is 8.27. The van der Waals surface area contributed by atoms with E-state index >= 15 is 0 Å². The van der Waals surface area contributed by atoms with Crippen molar-refractivity contribution >= 4 is 23.1 Å². The van der Waals surface area contributed by atoms with Crippen molar-refractivity contribution in [2.45, 2.75) is 25.9 Å². The van der Waals surface area contributed by atoms with E-state index in [4.69, 9.17) is 9.73 Å². The maximum Gasteiger partial charge on any atom is 0.416 e. The minimum absolute atomic E-state index is 0.219. The molecule has 0 saturated carbocycles. The van der Waals surface area contributed by atoms with Crippen LogP contribution in [0.1, 0.15) is 40.2 Å². The first-order chi connectivity index (χ1) is 16.6. The van der Waals surface area contributed by atoms with E-state index in [1.54, 1.807) is 38.5 Å². The second kappa shape index (κ2) is 9.73. The Kier molecular flexibility index (Phi) is 6.72. The number of aryl methyl sites for hydroxylation is 1. The smallest absolute Gasteiger partial charge is 0.416 e. The molecular formula is C25H24F3N5O2. The maximum atomic E-state index is 13.0. The van der Waals surface area contributed by atoms with E-state index in [9.17, 15) is 18.0 Å². The predicted octanol–water partition coefficient (Wildman–Crippen LogP) is 5.62. The number of halogens is 3. The Bertz CT molecular complexity index is 1270. The highest BCUT2D eigenvalue weighted by Gasteiger charge is 2.30. The first-order valence-electron chi connectivity index (χ1n) is 11.0. The highest BCUT2D eigenvalue weighted by molar-refractivity contribution is 6.07. The van der Waals surface area contributed by atoms with Gasteiger partial charge in [-0.05, 0) is 62.2 Å². The summed E-state index contributed by atoms with van der Waals surface area (Å²) in [6.07, 6.45) is -1.20. The lowest BCUT2D eigenvalue weighted by Crippen LogP contribution is -2.22. The van der Waals surface area contributed by atoms with Gasteiger partial charge in [-0.3, -0.25) is 9.79 Å². The number of nitrogens with zero attached hydrogens (tertiary/aromatic N) is 4. The number of rotatable bonds is 4. The lowest BCUT2D eigenvalue weighted by molar-refractivity contribution is -0.137. The number of carbonyl (C=O) groups excluding carboxylic acids is 1. The number of fused-ring (bicyclic) bond motifs is 1. The van der Waals surface area contributed by atoms with Crippen LogP contribution in [0.4, 0.5) is 24.7 Å². The molecule has 10 heteroatoms. The SMILES string of the molecule is Cc1ncc2c(n1)NCCCC2=Nc1ccc(Oc2ccc(C(F)(F)F)cc2)cc1C(=O)N(C)C.